The normalized spacial score (nSPS) is 10.5. The van der Waals surface area contributed by atoms with Crippen LogP contribution in [0.3, 0.4) is 0 Å². The van der Waals surface area contributed by atoms with Gasteiger partial charge in [0.2, 0.25) is 0 Å². The maximum absolute atomic E-state index is 4.41. The van der Waals surface area contributed by atoms with Gasteiger partial charge in [-0.15, -0.1) is 0 Å². The lowest BCUT2D eigenvalue weighted by Gasteiger charge is -1.98. The second-order valence-electron chi connectivity index (χ2n) is 4.25. The highest BCUT2D eigenvalue weighted by molar-refractivity contribution is 5.63. The van der Waals surface area contributed by atoms with Gasteiger partial charge >= 0.3 is 0 Å². The average Bonchev–Trinajstić information content (AvgIpc) is 2.90. The van der Waals surface area contributed by atoms with E-state index in [9.17, 15) is 0 Å². The fourth-order valence-corrected chi connectivity index (χ4v) is 1.85. The lowest BCUT2D eigenvalue weighted by molar-refractivity contribution is 1.29. The summed E-state index contributed by atoms with van der Waals surface area (Å²) in [5.41, 5.74) is 4.37. The smallest absolute Gasteiger partial charge is 0.137 e. The quantitative estimate of drug-likeness (QED) is 0.739. The topological polar surface area (TPSA) is 41.6 Å². The van der Waals surface area contributed by atoms with Crippen LogP contribution in [-0.2, 0) is 0 Å². The third kappa shape index (κ3) is 2.02. The molecule has 0 saturated carbocycles. The zero-order valence-electron chi connectivity index (χ0n) is 10.1. The molecule has 3 nitrogen and oxygen atoms in total. The molecule has 0 unspecified atom stereocenters. The van der Waals surface area contributed by atoms with Gasteiger partial charge < -0.3 is 4.98 Å². The number of rotatable bonds is 2. The second kappa shape index (κ2) is 4.45. The molecule has 88 valence electrons. The Morgan fingerprint density at radius 2 is 1.78 bits per heavy atom. The summed E-state index contributed by atoms with van der Waals surface area (Å²) in [7, 11) is 0. The summed E-state index contributed by atoms with van der Waals surface area (Å²) in [6.07, 6.45) is 5.43. The zero-order chi connectivity index (χ0) is 12.4. The van der Waals surface area contributed by atoms with E-state index in [4.69, 9.17) is 0 Å². The Hall–Kier alpha value is -2.42. The van der Waals surface area contributed by atoms with Crippen molar-refractivity contribution in [3.63, 3.8) is 0 Å². The molecule has 0 aliphatic rings. The van der Waals surface area contributed by atoms with E-state index in [1.807, 2.05) is 24.5 Å². The Bertz CT molecular complexity index is 639. The monoisotopic (exact) mass is 235 g/mol. The van der Waals surface area contributed by atoms with E-state index in [2.05, 4.69) is 46.1 Å². The lowest BCUT2D eigenvalue weighted by atomic mass is 10.1. The highest BCUT2D eigenvalue weighted by atomic mass is 14.9. The average molecular weight is 235 g/mol. The minimum atomic E-state index is 0.883. The van der Waals surface area contributed by atoms with Gasteiger partial charge in [-0.05, 0) is 19.1 Å². The van der Waals surface area contributed by atoms with Crippen LogP contribution in [0.15, 0.2) is 55.0 Å². The van der Waals surface area contributed by atoms with Gasteiger partial charge in [0.05, 0.1) is 11.9 Å². The summed E-state index contributed by atoms with van der Waals surface area (Å²) in [5.74, 6) is 0.883. The molecular formula is C15H13N3. The number of aromatic amines is 1. The molecule has 0 aliphatic carbocycles. The third-order valence-electron chi connectivity index (χ3n) is 2.87. The summed E-state index contributed by atoms with van der Waals surface area (Å²) < 4.78 is 0. The Labute approximate surface area is 106 Å². The van der Waals surface area contributed by atoms with Crippen molar-refractivity contribution in [2.45, 2.75) is 6.92 Å². The summed E-state index contributed by atoms with van der Waals surface area (Å²) >= 11 is 0. The number of pyridine rings is 1. The first-order chi connectivity index (χ1) is 8.83. The minimum Gasteiger partial charge on any atom is -0.338 e. The van der Waals surface area contributed by atoms with Crippen molar-refractivity contribution in [3.8, 4) is 22.6 Å². The number of nitrogens with one attached hydrogen (secondary N) is 1. The molecule has 0 aliphatic heterocycles. The molecule has 3 heteroatoms. The number of aromatic nitrogens is 3. The molecular weight excluding hydrogens is 222 g/mol. The number of hydrogen-bond donors (Lipinski definition) is 1. The van der Waals surface area contributed by atoms with Crippen LogP contribution >= 0.6 is 0 Å². The fraction of sp³-hybridized carbons (Fsp3) is 0.0667. The van der Waals surface area contributed by atoms with E-state index < -0.39 is 0 Å². The molecule has 0 bridgehead atoms. The lowest BCUT2D eigenvalue weighted by Crippen LogP contribution is -1.82. The largest absolute Gasteiger partial charge is 0.338 e. The predicted molar refractivity (Wildman–Crippen MR) is 72.0 cm³/mol. The van der Waals surface area contributed by atoms with Crippen LogP contribution in [0.1, 0.15) is 5.56 Å². The van der Waals surface area contributed by atoms with Crippen molar-refractivity contribution in [2.24, 2.45) is 0 Å². The molecule has 0 saturated heterocycles. The maximum atomic E-state index is 4.41. The minimum absolute atomic E-state index is 0.883. The van der Waals surface area contributed by atoms with Crippen molar-refractivity contribution in [1.29, 1.82) is 0 Å². The molecule has 1 N–H and O–H groups in total. The molecule has 0 atom stereocenters. The number of aryl methyl sites for hydroxylation is 1. The Morgan fingerprint density at radius 3 is 2.50 bits per heavy atom. The van der Waals surface area contributed by atoms with Crippen LogP contribution < -0.4 is 0 Å². The third-order valence-corrected chi connectivity index (χ3v) is 2.87. The van der Waals surface area contributed by atoms with Crippen LogP contribution in [0.5, 0.6) is 0 Å². The van der Waals surface area contributed by atoms with Gasteiger partial charge in [-0.25, -0.2) is 4.98 Å². The Kier molecular flexibility index (Phi) is 2.65. The van der Waals surface area contributed by atoms with Crippen LogP contribution in [0.4, 0.5) is 0 Å². The van der Waals surface area contributed by atoms with Crippen molar-refractivity contribution in [2.75, 3.05) is 0 Å². The fourth-order valence-electron chi connectivity index (χ4n) is 1.85. The van der Waals surface area contributed by atoms with Crippen LogP contribution in [0.25, 0.3) is 22.6 Å². The van der Waals surface area contributed by atoms with E-state index in [0.717, 1.165) is 22.6 Å². The second-order valence-corrected chi connectivity index (χ2v) is 4.25. The Balaban J connectivity index is 1.97. The first-order valence-corrected chi connectivity index (χ1v) is 5.85. The first-order valence-electron chi connectivity index (χ1n) is 5.85. The maximum Gasteiger partial charge on any atom is 0.137 e. The standard InChI is InChI=1S/C15H13N3/c1-11-4-6-12(7-5-11)15-17-10-14(18-15)13-3-2-8-16-9-13/h2-10H,1H3,(H,17,18). The number of nitrogens with zero attached hydrogens (tertiary/aromatic N) is 2. The SMILES string of the molecule is Cc1ccc(-c2ncc(-c3cccnc3)[nH]2)cc1. The number of H-pyrrole nitrogens is 1. The van der Waals surface area contributed by atoms with E-state index in [1.54, 1.807) is 6.20 Å². The van der Waals surface area contributed by atoms with E-state index in [1.165, 1.54) is 5.56 Å². The summed E-state index contributed by atoms with van der Waals surface area (Å²) in [6, 6.07) is 12.2. The molecule has 0 fully saturated rings. The molecule has 18 heavy (non-hydrogen) atoms. The molecule has 2 aromatic heterocycles. The van der Waals surface area contributed by atoms with Crippen molar-refractivity contribution in [3.05, 3.63) is 60.6 Å². The molecule has 2 heterocycles. The van der Waals surface area contributed by atoms with E-state index >= 15 is 0 Å². The van der Waals surface area contributed by atoms with Gasteiger partial charge in [0.25, 0.3) is 0 Å². The highest BCUT2D eigenvalue weighted by Crippen LogP contribution is 2.21. The van der Waals surface area contributed by atoms with Crippen molar-refractivity contribution >= 4 is 0 Å². The van der Waals surface area contributed by atoms with Crippen LogP contribution in [0.2, 0.25) is 0 Å². The van der Waals surface area contributed by atoms with Crippen LogP contribution in [0, 0.1) is 6.92 Å². The summed E-state index contributed by atoms with van der Waals surface area (Å²) in [6.45, 7) is 2.08. The van der Waals surface area contributed by atoms with Crippen LogP contribution in [-0.4, -0.2) is 15.0 Å². The van der Waals surface area contributed by atoms with Gasteiger partial charge in [0.1, 0.15) is 5.82 Å². The number of imidazole rings is 1. The number of benzene rings is 1. The Morgan fingerprint density at radius 1 is 0.944 bits per heavy atom. The molecule has 3 aromatic rings. The van der Waals surface area contributed by atoms with E-state index in [0.29, 0.717) is 0 Å². The predicted octanol–water partition coefficient (Wildman–Crippen LogP) is 3.45. The van der Waals surface area contributed by atoms with Crippen molar-refractivity contribution in [1.82, 2.24) is 15.0 Å². The zero-order valence-corrected chi connectivity index (χ0v) is 10.1. The summed E-state index contributed by atoms with van der Waals surface area (Å²) in [4.78, 5) is 11.8. The van der Waals surface area contributed by atoms with Gasteiger partial charge in [-0.3, -0.25) is 4.98 Å². The molecule has 0 radical (unpaired) electrons. The van der Waals surface area contributed by atoms with E-state index in [-0.39, 0.29) is 0 Å². The van der Waals surface area contributed by atoms with Crippen molar-refractivity contribution < 1.29 is 0 Å². The molecule has 0 spiro atoms. The highest BCUT2D eigenvalue weighted by Gasteiger charge is 2.04. The first kappa shape index (κ1) is 10.7. The van der Waals surface area contributed by atoms with Gasteiger partial charge in [-0.1, -0.05) is 29.8 Å². The summed E-state index contributed by atoms with van der Waals surface area (Å²) in [5, 5.41) is 0. The number of hydrogen-bond acceptors (Lipinski definition) is 2. The van der Waals surface area contributed by atoms with Gasteiger partial charge in [-0.2, -0.15) is 0 Å². The molecule has 1 aromatic carbocycles. The van der Waals surface area contributed by atoms with Gasteiger partial charge in [0, 0.05) is 23.5 Å². The van der Waals surface area contributed by atoms with Gasteiger partial charge in [0.15, 0.2) is 0 Å². The molecule has 3 rings (SSSR count). The molecule has 0 amide bonds.